The van der Waals surface area contributed by atoms with Crippen LogP contribution >= 0.6 is 11.6 Å². The van der Waals surface area contributed by atoms with E-state index in [9.17, 15) is 22.8 Å². The lowest BCUT2D eigenvalue weighted by Crippen LogP contribution is -2.47. The summed E-state index contributed by atoms with van der Waals surface area (Å²) in [6.07, 6.45) is 2.41. The minimum Gasteiger partial charge on any atom is -0.356 e. The predicted molar refractivity (Wildman–Crippen MR) is 117 cm³/mol. The number of carbonyl (C=O) groups excluding carboxylic acids is 2. The Labute approximate surface area is 201 Å². The van der Waals surface area contributed by atoms with Crippen LogP contribution in [0.15, 0.2) is 30.9 Å². The first-order chi connectivity index (χ1) is 16.7. The lowest BCUT2D eigenvalue weighted by Gasteiger charge is -2.41. The van der Waals surface area contributed by atoms with Crippen molar-refractivity contribution < 1.29 is 22.8 Å². The number of pyridine rings is 1. The molecular weight excluding hydrogens is 489 g/mol. The second-order valence-electron chi connectivity index (χ2n) is 8.50. The molecule has 14 heteroatoms. The standard InChI is InChI=1S/C21H20ClF3N8O2/c22-15-8-11(9-27-18(15)33-28-6-7-29-33)31-20(35)14-10-30-32(17(14)21(23,24)25)16-3-1-2-13-12(16)4-5-26-19(13)34/h6-10,12-13,16H,1-5H2,(H,26,34)(H,31,35). The monoisotopic (exact) mass is 508 g/mol. The molecule has 4 heterocycles. The maximum absolute atomic E-state index is 14.2. The molecule has 35 heavy (non-hydrogen) atoms. The van der Waals surface area contributed by atoms with Gasteiger partial charge in [-0.05, 0) is 31.2 Å². The Hall–Kier alpha value is -3.48. The quantitative estimate of drug-likeness (QED) is 0.558. The summed E-state index contributed by atoms with van der Waals surface area (Å²) in [7, 11) is 0. The molecule has 3 atom stereocenters. The van der Waals surface area contributed by atoms with Gasteiger partial charge < -0.3 is 10.6 Å². The zero-order chi connectivity index (χ0) is 24.7. The minimum absolute atomic E-state index is 0.0922. The number of amides is 2. The van der Waals surface area contributed by atoms with Crippen molar-refractivity contribution in [3.63, 3.8) is 0 Å². The molecule has 2 amide bonds. The van der Waals surface area contributed by atoms with Gasteiger partial charge in [-0.25, -0.2) is 4.98 Å². The number of fused-ring (bicyclic) bond motifs is 1. The van der Waals surface area contributed by atoms with Crippen LogP contribution in [0, 0.1) is 11.8 Å². The third-order valence-corrected chi connectivity index (χ3v) is 6.73. The molecule has 1 saturated heterocycles. The van der Waals surface area contributed by atoms with E-state index in [4.69, 9.17) is 11.6 Å². The first-order valence-electron chi connectivity index (χ1n) is 11.0. The van der Waals surface area contributed by atoms with E-state index in [2.05, 4.69) is 30.9 Å². The molecule has 10 nitrogen and oxygen atoms in total. The number of halogens is 4. The van der Waals surface area contributed by atoms with Gasteiger partial charge in [0.25, 0.3) is 5.91 Å². The Morgan fingerprint density at radius 1 is 1.14 bits per heavy atom. The second-order valence-corrected chi connectivity index (χ2v) is 8.91. The maximum atomic E-state index is 14.2. The topological polar surface area (TPSA) is 120 Å². The van der Waals surface area contributed by atoms with Gasteiger partial charge in [0.2, 0.25) is 5.91 Å². The van der Waals surface area contributed by atoms with Gasteiger partial charge in [-0.3, -0.25) is 14.3 Å². The second kappa shape index (κ2) is 8.95. The Balaban J connectivity index is 1.44. The highest BCUT2D eigenvalue weighted by Gasteiger charge is 2.46. The highest BCUT2D eigenvalue weighted by molar-refractivity contribution is 6.32. The third-order valence-electron chi connectivity index (χ3n) is 6.45. The van der Waals surface area contributed by atoms with Crippen molar-refractivity contribution in [2.24, 2.45) is 11.8 Å². The largest absolute Gasteiger partial charge is 0.433 e. The molecule has 184 valence electrons. The summed E-state index contributed by atoms with van der Waals surface area (Å²) in [5.74, 6) is -1.58. The van der Waals surface area contributed by atoms with Crippen LogP contribution in [0.3, 0.4) is 0 Å². The van der Waals surface area contributed by atoms with Crippen LogP contribution < -0.4 is 10.6 Å². The van der Waals surface area contributed by atoms with Crippen LogP contribution in [0.5, 0.6) is 0 Å². The zero-order valence-corrected chi connectivity index (χ0v) is 18.9. The Morgan fingerprint density at radius 3 is 2.63 bits per heavy atom. The van der Waals surface area contributed by atoms with Gasteiger partial charge in [-0.2, -0.15) is 28.5 Å². The van der Waals surface area contributed by atoms with Crippen LogP contribution in [0.4, 0.5) is 18.9 Å². The molecule has 3 aromatic rings. The first kappa shape index (κ1) is 23.3. The van der Waals surface area contributed by atoms with Gasteiger partial charge in [0.15, 0.2) is 11.5 Å². The van der Waals surface area contributed by atoms with Crippen molar-refractivity contribution in [1.29, 1.82) is 0 Å². The van der Waals surface area contributed by atoms with E-state index in [0.29, 0.717) is 32.2 Å². The summed E-state index contributed by atoms with van der Waals surface area (Å²) in [6, 6.07) is 0.713. The predicted octanol–water partition coefficient (Wildman–Crippen LogP) is 3.26. The molecule has 2 N–H and O–H groups in total. The fraction of sp³-hybridized carbons (Fsp3) is 0.429. The molecule has 1 saturated carbocycles. The molecular formula is C21H20ClF3N8O2. The van der Waals surface area contributed by atoms with E-state index < -0.39 is 29.4 Å². The zero-order valence-electron chi connectivity index (χ0n) is 18.2. The van der Waals surface area contributed by atoms with Crippen molar-refractivity contribution in [2.45, 2.75) is 37.9 Å². The number of rotatable bonds is 4. The summed E-state index contributed by atoms with van der Waals surface area (Å²) in [4.78, 5) is 30.4. The molecule has 1 aliphatic carbocycles. The average Bonchev–Trinajstić information content (AvgIpc) is 3.49. The molecule has 0 aromatic carbocycles. The molecule has 2 aliphatic rings. The van der Waals surface area contributed by atoms with Gasteiger partial charge in [-0.15, -0.1) is 4.80 Å². The van der Waals surface area contributed by atoms with Crippen LogP contribution in [0.25, 0.3) is 5.82 Å². The van der Waals surface area contributed by atoms with Gasteiger partial charge in [0, 0.05) is 12.5 Å². The van der Waals surface area contributed by atoms with E-state index >= 15 is 0 Å². The van der Waals surface area contributed by atoms with Gasteiger partial charge in [0.1, 0.15) is 0 Å². The van der Waals surface area contributed by atoms with E-state index in [1.54, 1.807) is 0 Å². The highest BCUT2D eigenvalue weighted by atomic mass is 35.5. The number of alkyl halides is 3. The van der Waals surface area contributed by atoms with Crippen molar-refractivity contribution in [3.05, 3.63) is 47.1 Å². The molecule has 0 spiro atoms. The molecule has 5 rings (SSSR count). The van der Waals surface area contributed by atoms with E-state index in [0.717, 1.165) is 10.9 Å². The number of anilines is 1. The fourth-order valence-electron chi connectivity index (χ4n) is 4.99. The maximum Gasteiger partial charge on any atom is 0.433 e. The number of hydrogen-bond donors (Lipinski definition) is 2. The number of nitrogens with one attached hydrogen (secondary N) is 2. The SMILES string of the molecule is O=C(Nc1cnc(-n2nccn2)c(Cl)c1)c1cnn(C2CCCC3C(=O)NCCC32)c1C(F)(F)F. The number of nitrogens with zero attached hydrogens (tertiary/aromatic N) is 6. The lowest BCUT2D eigenvalue weighted by atomic mass is 9.72. The van der Waals surface area contributed by atoms with Crippen molar-refractivity contribution >= 4 is 29.1 Å². The average molecular weight is 509 g/mol. The van der Waals surface area contributed by atoms with Gasteiger partial charge in [0.05, 0.1) is 47.1 Å². The third kappa shape index (κ3) is 4.35. The van der Waals surface area contributed by atoms with Crippen LogP contribution in [0.2, 0.25) is 5.02 Å². The van der Waals surface area contributed by atoms with E-state index in [1.807, 2.05) is 0 Å². The Morgan fingerprint density at radius 2 is 1.91 bits per heavy atom. The Bertz CT molecular complexity index is 1260. The molecule has 1 aliphatic heterocycles. The van der Waals surface area contributed by atoms with E-state index in [-0.39, 0.29) is 34.3 Å². The Kier molecular flexibility index (Phi) is 5.95. The van der Waals surface area contributed by atoms with Gasteiger partial charge >= 0.3 is 6.18 Å². The van der Waals surface area contributed by atoms with Crippen LogP contribution in [0.1, 0.15) is 47.8 Å². The number of carbonyl (C=O) groups is 2. The number of hydrogen-bond acceptors (Lipinski definition) is 6. The first-order valence-corrected chi connectivity index (χ1v) is 11.4. The van der Waals surface area contributed by atoms with E-state index in [1.165, 1.54) is 29.5 Å². The normalized spacial score (nSPS) is 22.4. The fourth-order valence-corrected chi connectivity index (χ4v) is 5.23. The molecule has 3 aromatic heterocycles. The van der Waals surface area contributed by atoms with Gasteiger partial charge in [-0.1, -0.05) is 18.0 Å². The molecule has 3 unspecified atom stereocenters. The van der Waals surface area contributed by atoms with Crippen LogP contribution in [-0.4, -0.2) is 48.1 Å². The van der Waals surface area contributed by atoms with Crippen molar-refractivity contribution in [3.8, 4) is 5.82 Å². The molecule has 2 fully saturated rings. The highest BCUT2D eigenvalue weighted by Crippen LogP contribution is 2.44. The van der Waals surface area contributed by atoms with Crippen molar-refractivity contribution in [2.75, 3.05) is 11.9 Å². The molecule has 0 bridgehead atoms. The summed E-state index contributed by atoms with van der Waals surface area (Å²) in [5.41, 5.74) is -1.66. The number of aromatic nitrogens is 6. The minimum atomic E-state index is -4.83. The summed E-state index contributed by atoms with van der Waals surface area (Å²) < 4.78 is 43.5. The number of piperidine rings is 1. The molecule has 0 radical (unpaired) electrons. The van der Waals surface area contributed by atoms with Crippen LogP contribution in [-0.2, 0) is 11.0 Å². The summed E-state index contributed by atoms with van der Waals surface area (Å²) in [5, 5.41) is 17.1. The smallest absolute Gasteiger partial charge is 0.356 e. The van der Waals surface area contributed by atoms with Crippen molar-refractivity contribution in [1.82, 2.24) is 35.1 Å². The summed E-state index contributed by atoms with van der Waals surface area (Å²) >= 11 is 6.19. The summed E-state index contributed by atoms with van der Waals surface area (Å²) in [6.45, 7) is 0.407. The lowest BCUT2D eigenvalue weighted by molar-refractivity contribution is -0.147.